The van der Waals surface area contributed by atoms with E-state index in [1.807, 2.05) is 14.1 Å². The van der Waals surface area contributed by atoms with Gasteiger partial charge in [-0.2, -0.15) is 9.68 Å². The fourth-order valence-electron chi connectivity index (χ4n) is 5.31. The lowest BCUT2D eigenvalue weighted by Crippen LogP contribution is -3.00. The molecule has 0 fully saturated rings. The second-order valence-electron chi connectivity index (χ2n) is 12.8. The summed E-state index contributed by atoms with van der Waals surface area (Å²) in [7, 11) is 4.03. The molecule has 0 heterocycles. The monoisotopic (exact) mass is 614 g/mol. The average molecular weight is 614 g/mol. The van der Waals surface area contributed by atoms with Gasteiger partial charge in [0.15, 0.2) is 0 Å². The van der Waals surface area contributed by atoms with Crippen LogP contribution in [0.5, 0.6) is 0 Å². The highest BCUT2D eigenvalue weighted by Gasteiger charge is 2.17. The molecule has 0 saturated carbocycles. The normalized spacial score (nSPS) is 12.1. The van der Waals surface area contributed by atoms with Gasteiger partial charge in [-0.05, 0) is 69.0 Å². The van der Waals surface area contributed by atoms with Crippen LogP contribution in [0.15, 0.2) is 24.3 Å². The lowest BCUT2D eigenvalue weighted by atomic mass is 10.1. The molecule has 0 rings (SSSR count). The second kappa shape index (κ2) is 36.8. The van der Waals surface area contributed by atoms with Crippen molar-refractivity contribution in [2.24, 2.45) is 0 Å². The van der Waals surface area contributed by atoms with Crippen molar-refractivity contribution in [2.75, 3.05) is 27.3 Å². The van der Waals surface area contributed by atoms with Gasteiger partial charge in [0.1, 0.15) is 27.3 Å². The van der Waals surface area contributed by atoms with Gasteiger partial charge in [0.05, 0.1) is 0 Å². The summed E-state index contributed by atoms with van der Waals surface area (Å²) in [5, 5.41) is 0. The number of nitrogens with zero attached hydrogens (tertiary/aromatic N) is 1. The van der Waals surface area contributed by atoms with Gasteiger partial charge in [-0.3, -0.25) is 0 Å². The maximum atomic E-state index is 5.98. The first-order valence-electron chi connectivity index (χ1n) is 18.6. The zero-order chi connectivity index (χ0) is 30.0. The molecule has 0 N–H and O–H groups in total. The van der Waals surface area contributed by atoms with Crippen molar-refractivity contribution in [2.45, 2.75) is 194 Å². The van der Waals surface area contributed by atoms with E-state index >= 15 is 0 Å². The third-order valence-corrected chi connectivity index (χ3v) is 8.12. The van der Waals surface area contributed by atoms with Crippen LogP contribution in [0.1, 0.15) is 194 Å². The molecule has 0 aliphatic carbocycles. The second-order valence-corrected chi connectivity index (χ2v) is 12.8. The van der Waals surface area contributed by atoms with Crippen molar-refractivity contribution < 1.29 is 26.9 Å². The highest BCUT2D eigenvalue weighted by molar-refractivity contribution is 4.82. The summed E-state index contributed by atoms with van der Waals surface area (Å²) in [5.74, 6) is 0. The van der Waals surface area contributed by atoms with Crippen LogP contribution in [0.25, 0.3) is 0 Å². The molecule has 3 nitrogen and oxygen atoms in total. The summed E-state index contributed by atoms with van der Waals surface area (Å²) < 4.78 is 0. The summed E-state index contributed by atoms with van der Waals surface area (Å²) in [6, 6.07) is 0. The third kappa shape index (κ3) is 37.7. The zero-order valence-electron chi connectivity index (χ0n) is 29.2. The Kier molecular flexibility index (Phi) is 38.4. The Morgan fingerprint density at radius 1 is 0.357 bits per heavy atom. The molecule has 0 unspecified atom stereocenters. The van der Waals surface area contributed by atoms with E-state index in [1.54, 1.807) is 0 Å². The van der Waals surface area contributed by atoms with E-state index in [1.165, 1.54) is 167 Å². The summed E-state index contributed by atoms with van der Waals surface area (Å²) in [6.45, 7) is 6.16. The number of allylic oxidation sites excluding steroid dienone is 4. The summed E-state index contributed by atoms with van der Waals surface area (Å²) in [4.78, 5) is 12.2. The molecule has 4 heteroatoms. The maximum Gasteiger partial charge on any atom is 0.132 e. The number of unbranched alkanes of at least 4 members (excludes halogenated alkanes) is 24. The molecule has 42 heavy (non-hydrogen) atoms. The zero-order valence-corrected chi connectivity index (χ0v) is 29.9. The molecule has 0 aromatic rings. The van der Waals surface area contributed by atoms with Crippen molar-refractivity contribution in [3.05, 3.63) is 24.3 Å². The maximum absolute atomic E-state index is 5.98. The van der Waals surface area contributed by atoms with Crippen LogP contribution in [0.4, 0.5) is 0 Å². The van der Waals surface area contributed by atoms with Crippen LogP contribution in [0.2, 0.25) is 0 Å². The first-order valence-corrected chi connectivity index (χ1v) is 18.6. The molecule has 0 aliphatic heterocycles. The SMILES string of the molecule is CCCCCCCC/C=C\CCCCCCCCO[N+](C)(C)OCCCCCCCC/C=C\CCCCCCCC.[Cl-]. The molecule has 0 amide bonds. The van der Waals surface area contributed by atoms with Crippen molar-refractivity contribution in [3.63, 3.8) is 0 Å². The molecule has 0 aromatic carbocycles. The quantitative estimate of drug-likeness (QED) is 0.0311. The standard InChI is InChI=1S/C38H76NO2.ClH/c1-5-7-9-11-13-15-17-19-21-23-25-27-29-31-33-35-37-40-39(3,4)41-38-36-34-32-30-28-26-24-22-20-18-16-14-12-10-8-6-2;/h19-22H,5-18,23-38H2,1-4H3;1H/q+1;/p-1/b21-19-,22-20-;. The van der Waals surface area contributed by atoms with E-state index in [4.69, 9.17) is 9.68 Å². The molecule has 0 atom stereocenters. The van der Waals surface area contributed by atoms with Crippen molar-refractivity contribution in [1.82, 2.24) is 0 Å². The summed E-state index contributed by atoms with van der Waals surface area (Å²) in [6.07, 6.45) is 47.1. The number of halogens is 1. The Morgan fingerprint density at radius 3 is 0.881 bits per heavy atom. The Hall–Kier alpha value is -0.350. The van der Waals surface area contributed by atoms with E-state index in [-0.39, 0.29) is 17.2 Å². The van der Waals surface area contributed by atoms with E-state index in [0.29, 0.717) is 0 Å². The van der Waals surface area contributed by atoms with E-state index in [0.717, 1.165) is 26.1 Å². The Labute approximate surface area is 271 Å². The van der Waals surface area contributed by atoms with Gasteiger partial charge in [-0.1, -0.05) is 154 Å². The predicted octanol–water partition coefficient (Wildman–Crippen LogP) is 10.0. The van der Waals surface area contributed by atoms with Gasteiger partial charge < -0.3 is 12.4 Å². The average Bonchev–Trinajstić information content (AvgIpc) is 2.96. The minimum Gasteiger partial charge on any atom is -1.00 e. The highest BCUT2D eigenvalue weighted by Crippen LogP contribution is 2.13. The summed E-state index contributed by atoms with van der Waals surface area (Å²) in [5.41, 5.74) is 0. The first-order chi connectivity index (χ1) is 20.1. The van der Waals surface area contributed by atoms with Crippen molar-refractivity contribution >= 4 is 0 Å². The number of hydroxylamine groups is 4. The Morgan fingerprint density at radius 2 is 0.595 bits per heavy atom. The predicted molar refractivity (Wildman–Crippen MR) is 183 cm³/mol. The Balaban J connectivity index is 0. The smallest absolute Gasteiger partial charge is 0.132 e. The number of hydrogen-bond donors (Lipinski definition) is 0. The fourth-order valence-corrected chi connectivity index (χ4v) is 5.31. The first kappa shape index (κ1) is 43.8. The molecular weight excluding hydrogens is 538 g/mol. The molecule has 0 radical (unpaired) electrons. The van der Waals surface area contributed by atoms with E-state index in [9.17, 15) is 0 Å². The van der Waals surface area contributed by atoms with E-state index < -0.39 is 0 Å². The van der Waals surface area contributed by atoms with Crippen molar-refractivity contribution in [3.8, 4) is 0 Å². The minimum atomic E-state index is 0. The summed E-state index contributed by atoms with van der Waals surface area (Å²) >= 11 is 0. The van der Waals surface area contributed by atoms with Gasteiger partial charge in [-0.25, -0.2) is 0 Å². The van der Waals surface area contributed by atoms with Crippen LogP contribution in [-0.2, 0) is 9.68 Å². The largest absolute Gasteiger partial charge is 1.00 e. The number of hydrogen-bond acceptors (Lipinski definition) is 2. The van der Waals surface area contributed by atoms with Gasteiger partial charge in [0, 0.05) is 0 Å². The van der Waals surface area contributed by atoms with Gasteiger partial charge in [0.2, 0.25) is 0 Å². The van der Waals surface area contributed by atoms with Gasteiger partial charge in [0.25, 0.3) is 0 Å². The molecule has 0 saturated heterocycles. The lowest BCUT2D eigenvalue weighted by Gasteiger charge is -2.24. The van der Waals surface area contributed by atoms with Crippen molar-refractivity contribution in [1.29, 1.82) is 0 Å². The lowest BCUT2D eigenvalue weighted by molar-refractivity contribution is -1.22. The molecule has 0 bridgehead atoms. The van der Waals surface area contributed by atoms with Crippen LogP contribution in [-0.4, -0.2) is 32.1 Å². The molecular formula is C38H76ClNO2. The topological polar surface area (TPSA) is 18.5 Å². The molecule has 252 valence electrons. The number of rotatable bonds is 34. The molecule has 0 spiro atoms. The van der Waals surface area contributed by atoms with Gasteiger partial charge in [-0.15, -0.1) is 0 Å². The number of quaternary nitrogens is 1. The Bertz CT molecular complexity index is 503. The minimum absolute atomic E-state index is 0. The fraction of sp³-hybridized carbons (Fsp3) is 0.895. The van der Waals surface area contributed by atoms with Crippen LogP contribution in [0, 0.1) is 0 Å². The van der Waals surface area contributed by atoms with Crippen LogP contribution < -0.4 is 12.4 Å². The highest BCUT2D eigenvalue weighted by atomic mass is 35.5. The van der Waals surface area contributed by atoms with Gasteiger partial charge >= 0.3 is 0 Å². The third-order valence-electron chi connectivity index (χ3n) is 8.12. The molecule has 0 aliphatic rings. The molecule has 0 aromatic heterocycles. The van der Waals surface area contributed by atoms with Crippen LogP contribution in [0.3, 0.4) is 0 Å². The van der Waals surface area contributed by atoms with Crippen LogP contribution >= 0.6 is 0 Å². The van der Waals surface area contributed by atoms with E-state index in [2.05, 4.69) is 38.2 Å².